The molecule has 5 heteroatoms. The summed E-state index contributed by atoms with van der Waals surface area (Å²) in [5.74, 6) is 1.45. The van der Waals surface area contributed by atoms with Crippen molar-refractivity contribution in [3.63, 3.8) is 0 Å². The summed E-state index contributed by atoms with van der Waals surface area (Å²) in [6.45, 7) is 9.73. The van der Waals surface area contributed by atoms with Crippen LogP contribution in [-0.4, -0.2) is 28.2 Å². The number of hydrogen-bond acceptors (Lipinski definition) is 5. The van der Waals surface area contributed by atoms with Crippen molar-refractivity contribution in [2.75, 3.05) is 18.0 Å². The molecule has 1 aliphatic rings. The Hall–Kier alpha value is -2.17. The summed E-state index contributed by atoms with van der Waals surface area (Å²) in [5.41, 5.74) is 0.705. The molecule has 19 heavy (non-hydrogen) atoms. The molecule has 2 aromatic rings. The van der Waals surface area contributed by atoms with Crippen LogP contribution in [0.25, 0.3) is 24.6 Å². The first kappa shape index (κ1) is 11.9. The second kappa shape index (κ2) is 4.84. The minimum atomic E-state index is 0.576. The number of aromatic nitrogens is 3. The van der Waals surface area contributed by atoms with Gasteiger partial charge >= 0.3 is 0 Å². The Morgan fingerprint density at radius 3 is 2.47 bits per heavy atom. The lowest BCUT2D eigenvalue weighted by atomic mass is 10.1. The van der Waals surface area contributed by atoms with E-state index in [0.29, 0.717) is 22.2 Å². The van der Waals surface area contributed by atoms with Gasteiger partial charge in [-0.15, -0.1) is 0 Å². The predicted molar refractivity (Wildman–Crippen MR) is 73.9 cm³/mol. The first-order valence-corrected chi connectivity index (χ1v) is 6.47. The van der Waals surface area contributed by atoms with Crippen molar-refractivity contribution in [3.8, 4) is 11.5 Å². The third kappa shape index (κ3) is 2.23. The Kier molecular flexibility index (Phi) is 3.03. The summed E-state index contributed by atoms with van der Waals surface area (Å²) < 4.78 is 5.22. The maximum atomic E-state index is 5.22. The van der Waals surface area contributed by atoms with Gasteiger partial charge in [0, 0.05) is 19.2 Å². The average Bonchev–Trinajstić information content (AvgIpc) is 2.96. The molecule has 5 nitrogen and oxygen atoms in total. The maximum absolute atomic E-state index is 5.22. The van der Waals surface area contributed by atoms with Gasteiger partial charge < -0.3 is 9.42 Å². The molecule has 2 aromatic heterocycles. The van der Waals surface area contributed by atoms with Crippen LogP contribution in [0.3, 0.4) is 0 Å². The number of piperidine rings is 1. The van der Waals surface area contributed by atoms with Gasteiger partial charge in [0.25, 0.3) is 0 Å². The van der Waals surface area contributed by atoms with Crippen molar-refractivity contribution in [1.82, 2.24) is 15.1 Å². The van der Waals surface area contributed by atoms with Crippen LogP contribution in [0.2, 0.25) is 0 Å². The summed E-state index contributed by atoms with van der Waals surface area (Å²) in [6, 6.07) is 1.79. The lowest BCUT2D eigenvalue weighted by Gasteiger charge is -2.28. The zero-order valence-electron chi connectivity index (χ0n) is 10.8. The molecule has 1 saturated heterocycles. The molecule has 0 unspecified atom stereocenters. The Labute approximate surface area is 111 Å². The number of rotatable bonds is 2. The van der Waals surface area contributed by atoms with Crippen LogP contribution in [0.1, 0.15) is 19.3 Å². The van der Waals surface area contributed by atoms with Crippen LogP contribution in [0, 0.1) is 0 Å². The highest BCUT2D eigenvalue weighted by molar-refractivity contribution is 5.67. The van der Waals surface area contributed by atoms with E-state index in [1.807, 2.05) is 0 Å². The van der Waals surface area contributed by atoms with E-state index in [4.69, 9.17) is 4.52 Å². The fourth-order valence-corrected chi connectivity index (χ4v) is 2.32. The van der Waals surface area contributed by atoms with Gasteiger partial charge in [-0.1, -0.05) is 18.3 Å². The van der Waals surface area contributed by atoms with Gasteiger partial charge in [0.05, 0.1) is 16.9 Å². The van der Waals surface area contributed by atoms with E-state index in [0.717, 1.165) is 18.9 Å². The van der Waals surface area contributed by atoms with Crippen LogP contribution >= 0.6 is 0 Å². The molecule has 0 aliphatic carbocycles. The molecule has 0 saturated carbocycles. The molecule has 0 bridgehead atoms. The third-order valence-electron chi connectivity index (χ3n) is 3.36. The summed E-state index contributed by atoms with van der Waals surface area (Å²) in [7, 11) is 0. The summed E-state index contributed by atoms with van der Waals surface area (Å²) >= 11 is 0. The van der Waals surface area contributed by atoms with Gasteiger partial charge in [-0.05, 0) is 19.3 Å². The van der Waals surface area contributed by atoms with Crippen molar-refractivity contribution in [2.45, 2.75) is 19.3 Å². The van der Waals surface area contributed by atoms with Crippen LogP contribution in [0.5, 0.6) is 0 Å². The minimum absolute atomic E-state index is 0.576. The van der Waals surface area contributed by atoms with Crippen LogP contribution in [-0.2, 0) is 0 Å². The summed E-state index contributed by atoms with van der Waals surface area (Å²) in [4.78, 5) is 11.3. The quantitative estimate of drug-likeness (QED) is 0.800. The first-order chi connectivity index (χ1) is 9.25. The standard InChI is InChI=1S/C14H16N4O/c1-10-11(2)17-14(18-8-4-3-5-9-18)13(16-10)12-6-7-15-19-12/h6-7H,1-5,8-9H2. The number of anilines is 1. The zero-order chi connectivity index (χ0) is 13.2. The van der Waals surface area contributed by atoms with Gasteiger partial charge in [0.15, 0.2) is 17.3 Å². The molecule has 0 spiro atoms. The Balaban J connectivity index is 2.13. The van der Waals surface area contributed by atoms with E-state index >= 15 is 0 Å². The second-order valence-electron chi connectivity index (χ2n) is 4.71. The van der Waals surface area contributed by atoms with E-state index in [1.165, 1.54) is 19.3 Å². The highest BCUT2D eigenvalue weighted by Gasteiger charge is 2.20. The van der Waals surface area contributed by atoms with Crippen molar-refractivity contribution < 1.29 is 4.52 Å². The highest BCUT2D eigenvalue weighted by Crippen LogP contribution is 2.26. The molecule has 1 aliphatic heterocycles. The molecule has 0 N–H and O–H groups in total. The Morgan fingerprint density at radius 2 is 1.79 bits per heavy atom. The first-order valence-electron chi connectivity index (χ1n) is 6.47. The average molecular weight is 256 g/mol. The molecular weight excluding hydrogens is 240 g/mol. The van der Waals surface area contributed by atoms with E-state index < -0.39 is 0 Å². The molecule has 0 amide bonds. The van der Waals surface area contributed by atoms with E-state index in [-0.39, 0.29) is 0 Å². The monoisotopic (exact) mass is 256 g/mol. The smallest absolute Gasteiger partial charge is 0.189 e. The van der Waals surface area contributed by atoms with Crippen LogP contribution in [0.15, 0.2) is 16.8 Å². The van der Waals surface area contributed by atoms with Crippen LogP contribution < -0.4 is 15.6 Å². The van der Waals surface area contributed by atoms with E-state index in [1.54, 1.807) is 12.3 Å². The van der Waals surface area contributed by atoms with Crippen molar-refractivity contribution in [3.05, 3.63) is 23.0 Å². The normalized spacial score (nSPS) is 15.7. The van der Waals surface area contributed by atoms with E-state index in [9.17, 15) is 0 Å². The molecule has 3 rings (SSSR count). The van der Waals surface area contributed by atoms with Crippen LogP contribution in [0.4, 0.5) is 5.82 Å². The summed E-state index contributed by atoms with van der Waals surface area (Å²) in [6.07, 6.45) is 5.23. The van der Waals surface area contributed by atoms with E-state index in [2.05, 4.69) is 33.2 Å². The largest absolute Gasteiger partial charge is 0.355 e. The molecule has 3 heterocycles. The topological polar surface area (TPSA) is 55.1 Å². The van der Waals surface area contributed by atoms with Gasteiger partial charge in [-0.2, -0.15) is 0 Å². The Morgan fingerprint density at radius 1 is 1.05 bits per heavy atom. The maximum Gasteiger partial charge on any atom is 0.189 e. The highest BCUT2D eigenvalue weighted by atomic mass is 16.5. The molecular formula is C14H16N4O. The molecule has 98 valence electrons. The van der Waals surface area contributed by atoms with Crippen molar-refractivity contribution in [2.24, 2.45) is 0 Å². The van der Waals surface area contributed by atoms with Gasteiger partial charge in [0.2, 0.25) is 0 Å². The molecule has 0 radical (unpaired) electrons. The minimum Gasteiger partial charge on any atom is -0.355 e. The third-order valence-corrected chi connectivity index (χ3v) is 3.36. The molecule has 0 aromatic carbocycles. The molecule has 0 atom stereocenters. The fourth-order valence-electron chi connectivity index (χ4n) is 2.32. The lowest BCUT2D eigenvalue weighted by molar-refractivity contribution is 0.430. The summed E-state index contributed by atoms with van der Waals surface area (Å²) in [5, 5.41) is 4.93. The van der Waals surface area contributed by atoms with Gasteiger partial charge in [-0.25, -0.2) is 9.97 Å². The Bertz CT molecular complexity index is 659. The second-order valence-corrected chi connectivity index (χ2v) is 4.71. The predicted octanol–water partition coefficient (Wildman–Crippen LogP) is 0.942. The molecule has 1 fully saturated rings. The fraction of sp³-hybridized carbons (Fsp3) is 0.357. The number of nitrogens with zero attached hydrogens (tertiary/aromatic N) is 4. The number of hydrogen-bond donors (Lipinski definition) is 0. The van der Waals surface area contributed by atoms with Gasteiger partial charge in [0.1, 0.15) is 0 Å². The van der Waals surface area contributed by atoms with Crippen molar-refractivity contribution in [1.29, 1.82) is 0 Å². The zero-order valence-corrected chi connectivity index (χ0v) is 10.8. The van der Waals surface area contributed by atoms with Gasteiger partial charge in [-0.3, -0.25) is 0 Å². The van der Waals surface area contributed by atoms with Crippen molar-refractivity contribution >= 4 is 19.0 Å². The SMILES string of the molecule is C=c1nc(-c2ccno2)c(N2CCCCC2)nc1=C. The lowest BCUT2D eigenvalue weighted by Crippen LogP contribution is -2.36.